The third-order valence-electron chi connectivity index (χ3n) is 3.94. The SMILES string of the molecule is CCc1ccc(NC(=O)CN(CCc2ccccc2)C(C)=O)cc1. The average Bonchev–Trinajstić information content (AvgIpc) is 2.60. The summed E-state index contributed by atoms with van der Waals surface area (Å²) in [5.74, 6) is -0.273. The molecule has 0 radical (unpaired) electrons. The molecule has 0 bridgehead atoms. The molecule has 0 spiro atoms. The van der Waals surface area contributed by atoms with Crippen LogP contribution in [0.2, 0.25) is 0 Å². The largest absolute Gasteiger partial charge is 0.333 e. The molecule has 0 fully saturated rings. The molecule has 4 nitrogen and oxygen atoms in total. The highest BCUT2D eigenvalue weighted by Gasteiger charge is 2.13. The first kappa shape index (κ1) is 17.7. The Kier molecular flexibility index (Phi) is 6.55. The Balaban J connectivity index is 1.89. The molecule has 2 aromatic carbocycles. The lowest BCUT2D eigenvalue weighted by atomic mass is 10.1. The first-order valence-corrected chi connectivity index (χ1v) is 8.26. The van der Waals surface area contributed by atoms with Crippen molar-refractivity contribution in [2.24, 2.45) is 0 Å². The van der Waals surface area contributed by atoms with Gasteiger partial charge in [0.05, 0.1) is 6.54 Å². The van der Waals surface area contributed by atoms with Gasteiger partial charge in [-0.05, 0) is 36.1 Å². The van der Waals surface area contributed by atoms with Crippen LogP contribution in [0, 0.1) is 0 Å². The summed E-state index contributed by atoms with van der Waals surface area (Å²) in [7, 11) is 0. The fourth-order valence-corrected chi connectivity index (χ4v) is 2.45. The third-order valence-corrected chi connectivity index (χ3v) is 3.94. The van der Waals surface area contributed by atoms with E-state index in [0.717, 1.165) is 24.1 Å². The number of benzene rings is 2. The van der Waals surface area contributed by atoms with E-state index in [2.05, 4.69) is 12.2 Å². The van der Waals surface area contributed by atoms with Crippen molar-refractivity contribution < 1.29 is 9.59 Å². The minimum Gasteiger partial charge on any atom is -0.333 e. The van der Waals surface area contributed by atoms with Gasteiger partial charge in [0.15, 0.2) is 0 Å². The van der Waals surface area contributed by atoms with E-state index in [1.807, 2.05) is 54.6 Å². The highest BCUT2D eigenvalue weighted by molar-refractivity contribution is 5.94. The fourth-order valence-electron chi connectivity index (χ4n) is 2.45. The maximum absolute atomic E-state index is 12.2. The lowest BCUT2D eigenvalue weighted by Crippen LogP contribution is -2.38. The molecule has 0 heterocycles. The van der Waals surface area contributed by atoms with Crippen LogP contribution in [-0.2, 0) is 22.4 Å². The minimum atomic E-state index is -0.178. The van der Waals surface area contributed by atoms with Crippen LogP contribution in [0.5, 0.6) is 0 Å². The van der Waals surface area contributed by atoms with Gasteiger partial charge in [-0.15, -0.1) is 0 Å². The van der Waals surface area contributed by atoms with E-state index in [9.17, 15) is 9.59 Å². The summed E-state index contributed by atoms with van der Waals surface area (Å²) in [6.45, 7) is 4.18. The van der Waals surface area contributed by atoms with Crippen molar-refractivity contribution in [3.63, 3.8) is 0 Å². The zero-order chi connectivity index (χ0) is 17.4. The van der Waals surface area contributed by atoms with Gasteiger partial charge >= 0.3 is 0 Å². The summed E-state index contributed by atoms with van der Waals surface area (Å²) >= 11 is 0. The van der Waals surface area contributed by atoms with Crippen LogP contribution in [0.4, 0.5) is 5.69 Å². The van der Waals surface area contributed by atoms with Crippen LogP contribution in [0.3, 0.4) is 0 Å². The Labute approximate surface area is 143 Å². The van der Waals surface area contributed by atoms with Crippen molar-refractivity contribution in [3.05, 3.63) is 65.7 Å². The van der Waals surface area contributed by atoms with Gasteiger partial charge in [-0.25, -0.2) is 0 Å². The van der Waals surface area contributed by atoms with Crippen molar-refractivity contribution >= 4 is 17.5 Å². The van der Waals surface area contributed by atoms with Gasteiger partial charge in [0.25, 0.3) is 0 Å². The van der Waals surface area contributed by atoms with Gasteiger partial charge in [0.2, 0.25) is 11.8 Å². The van der Waals surface area contributed by atoms with Gasteiger partial charge in [0, 0.05) is 19.2 Å². The molecule has 0 unspecified atom stereocenters. The van der Waals surface area contributed by atoms with Crippen molar-refractivity contribution in [2.45, 2.75) is 26.7 Å². The number of rotatable bonds is 7. The summed E-state index contributed by atoms with van der Waals surface area (Å²) in [4.78, 5) is 25.5. The van der Waals surface area contributed by atoms with Crippen LogP contribution in [0.25, 0.3) is 0 Å². The van der Waals surface area contributed by atoms with Gasteiger partial charge in [-0.2, -0.15) is 0 Å². The standard InChI is InChI=1S/C20H24N2O2/c1-3-17-9-11-19(12-10-17)21-20(24)15-22(16(2)23)14-13-18-7-5-4-6-8-18/h4-12H,3,13-15H2,1-2H3,(H,21,24). The van der Waals surface area contributed by atoms with Crippen LogP contribution in [0.1, 0.15) is 25.0 Å². The predicted molar refractivity (Wildman–Crippen MR) is 96.8 cm³/mol. The second kappa shape index (κ2) is 8.87. The number of carbonyl (C=O) groups excluding carboxylic acids is 2. The number of nitrogens with zero attached hydrogens (tertiary/aromatic N) is 1. The Morgan fingerprint density at radius 2 is 1.62 bits per heavy atom. The smallest absolute Gasteiger partial charge is 0.243 e. The molecule has 0 aliphatic heterocycles. The Hall–Kier alpha value is -2.62. The van der Waals surface area contributed by atoms with E-state index < -0.39 is 0 Å². The van der Waals surface area contributed by atoms with E-state index in [1.54, 1.807) is 4.90 Å². The van der Waals surface area contributed by atoms with E-state index >= 15 is 0 Å². The maximum Gasteiger partial charge on any atom is 0.243 e. The monoisotopic (exact) mass is 324 g/mol. The molecule has 0 saturated heterocycles. The van der Waals surface area contributed by atoms with E-state index in [4.69, 9.17) is 0 Å². The molecule has 2 aromatic rings. The van der Waals surface area contributed by atoms with Crippen molar-refractivity contribution in [1.82, 2.24) is 4.90 Å². The molecule has 126 valence electrons. The van der Waals surface area contributed by atoms with E-state index in [-0.39, 0.29) is 18.4 Å². The fraction of sp³-hybridized carbons (Fsp3) is 0.300. The van der Waals surface area contributed by atoms with Crippen LogP contribution >= 0.6 is 0 Å². The summed E-state index contributed by atoms with van der Waals surface area (Å²) in [6, 6.07) is 17.7. The molecule has 0 saturated carbocycles. The van der Waals surface area contributed by atoms with Gasteiger partial charge < -0.3 is 10.2 Å². The molecule has 0 aliphatic carbocycles. The number of hydrogen-bond acceptors (Lipinski definition) is 2. The first-order valence-electron chi connectivity index (χ1n) is 8.26. The van der Waals surface area contributed by atoms with E-state index in [0.29, 0.717) is 6.54 Å². The number of anilines is 1. The Bertz CT molecular complexity index is 666. The second-order valence-corrected chi connectivity index (χ2v) is 5.77. The summed E-state index contributed by atoms with van der Waals surface area (Å²) in [5.41, 5.74) is 3.13. The molecule has 0 atom stereocenters. The van der Waals surface area contributed by atoms with Crippen LogP contribution < -0.4 is 5.32 Å². The van der Waals surface area contributed by atoms with Gasteiger partial charge in [0.1, 0.15) is 0 Å². The second-order valence-electron chi connectivity index (χ2n) is 5.77. The van der Waals surface area contributed by atoms with E-state index in [1.165, 1.54) is 12.5 Å². The summed E-state index contributed by atoms with van der Waals surface area (Å²) < 4.78 is 0. The molecule has 4 heteroatoms. The van der Waals surface area contributed by atoms with Crippen molar-refractivity contribution in [1.29, 1.82) is 0 Å². The number of nitrogens with one attached hydrogen (secondary N) is 1. The zero-order valence-electron chi connectivity index (χ0n) is 14.3. The molecule has 0 aliphatic rings. The average molecular weight is 324 g/mol. The molecular formula is C20H24N2O2. The normalized spacial score (nSPS) is 10.2. The lowest BCUT2D eigenvalue weighted by Gasteiger charge is -2.20. The molecule has 2 amide bonds. The van der Waals surface area contributed by atoms with Gasteiger partial charge in [-0.1, -0.05) is 49.4 Å². The third kappa shape index (κ3) is 5.54. The van der Waals surface area contributed by atoms with Crippen molar-refractivity contribution in [2.75, 3.05) is 18.4 Å². The molecular weight excluding hydrogens is 300 g/mol. The number of carbonyl (C=O) groups is 2. The molecule has 2 rings (SSSR count). The number of amides is 2. The highest BCUT2D eigenvalue weighted by Crippen LogP contribution is 2.10. The zero-order valence-corrected chi connectivity index (χ0v) is 14.3. The Morgan fingerprint density at radius 3 is 2.21 bits per heavy atom. The highest BCUT2D eigenvalue weighted by atomic mass is 16.2. The van der Waals surface area contributed by atoms with Crippen molar-refractivity contribution in [3.8, 4) is 0 Å². The number of aryl methyl sites for hydroxylation is 1. The maximum atomic E-state index is 12.2. The molecule has 0 aromatic heterocycles. The van der Waals surface area contributed by atoms with Gasteiger partial charge in [-0.3, -0.25) is 9.59 Å². The minimum absolute atomic E-state index is 0.0672. The number of hydrogen-bond donors (Lipinski definition) is 1. The Morgan fingerprint density at radius 1 is 0.958 bits per heavy atom. The topological polar surface area (TPSA) is 49.4 Å². The summed E-state index contributed by atoms with van der Waals surface area (Å²) in [6.07, 6.45) is 1.70. The quantitative estimate of drug-likeness (QED) is 0.850. The predicted octanol–water partition coefficient (Wildman–Crippen LogP) is 3.28. The first-order chi connectivity index (χ1) is 11.6. The van der Waals surface area contributed by atoms with Crippen LogP contribution in [0.15, 0.2) is 54.6 Å². The molecule has 24 heavy (non-hydrogen) atoms. The molecule has 1 N–H and O–H groups in total. The summed E-state index contributed by atoms with van der Waals surface area (Å²) in [5, 5.41) is 2.84. The lowest BCUT2D eigenvalue weighted by molar-refractivity contribution is -0.132. The van der Waals surface area contributed by atoms with Crippen LogP contribution in [-0.4, -0.2) is 29.8 Å².